The Labute approximate surface area is 83.6 Å². The Kier molecular flexibility index (Phi) is 4.09. The van der Waals surface area contributed by atoms with E-state index in [1.807, 2.05) is 11.8 Å². The van der Waals surface area contributed by atoms with E-state index in [0.717, 1.165) is 12.1 Å². The van der Waals surface area contributed by atoms with Crippen LogP contribution in [0.2, 0.25) is 0 Å². The van der Waals surface area contributed by atoms with E-state index in [1.54, 1.807) is 12.1 Å². The molecule has 0 amide bonds. The molecule has 0 radical (unpaired) electrons. The minimum absolute atomic E-state index is 0.225. The van der Waals surface area contributed by atoms with E-state index < -0.39 is 0 Å². The van der Waals surface area contributed by atoms with E-state index >= 15 is 0 Å². The lowest BCUT2D eigenvalue weighted by Crippen LogP contribution is -2.22. The second kappa shape index (κ2) is 5.36. The van der Waals surface area contributed by atoms with Gasteiger partial charge in [-0.05, 0) is 24.2 Å². The van der Waals surface area contributed by atoms with Gasteiger partial charge in [0.25, 0.3) is 0 Å². The summed E-state index contributed by atoms with van der Waals surface area (Å²) in [5.41, 5.74) is 1.03. The molecular weight excluding hydrogens is 179 g/mol. The zero-order valence-corrected chi connectivity index (χ0v) is 8.20. The first-order valence-electron chi connectivity index (χ1n) is 4.60. The van der Waals surface area contributed by atoms with E-state index in [2.05, 4.69) is 6.07 Å². The molecule has 3 heteroatoms. The number of nitriles is 1. The Hall–Kier alpha value is -1.40. The van der Waals surface area contributed by atoms with Crippen LogP contribution in [0.4, 0.5) is 4.39 Å². The molecular formula is C11H13FN2. The molecule has 0 fully saturated rings. The van der Waals surface area contributed by atoms with Crippen molar-refractivity contribution in [2.24, 2.45) is 0 Å². The zero-order chi connectivity index (χ0) is 10.4. The molecule has 1 aromatic rings. The SMILES string of the molecule is CCN(CC#N)Cc1ccc(F)cc1. The van der Waals surface area contributed by atoms with Crippen LogP contribution in [0.3, 0.4) is 0 Å². The van der Waals surface area contributed by atoms with Crippen molar-refractivity contribution in [3.63, 3.8) is 0 Å². The molecule has 0 atom stereocenters. The third kappa shape index (κ3) is 3.15. The smallest absolute Gasteiger partial charge is 0.123 e. The zero-order valence-electron chi connectivity index (χ0n) is 8.20. The van der Waals surface area contributed by atoms with Gasteiger partial charge in [0, 0.05) is 6.54 Å². The van der Waals surface area contributed by atoms with Gasteiger partial charge in [-0.15, -0.1) is 0 Å². The van der Waals surface area contributed by atoms with Gasteiger partial charge in [0.05, 0.1) is 12.6 Å². The van der Waals surface area contributed by atoms with Gasteiger partial charge in [-0.3, -0.25) is 4.90 Å². The number of nitrogens with zero attached hydrogens (tertiary/aromatic N) is 2. The average Bonchev–Trinajstić information content (AvgIpc) is 2.20. The molecule has 0 aliphatic heterocycles. The lowest BCUT2D eigenvalue weighted by Gasteiger charge is -2.16. The van der Waals surface area contributed by atoms with Gasteiger partial charge in [-0.1, -0.05) is 19.1 Å². The van der Waals surface area contributed by atoms with Crippen molar-refractivity contribution in [2.75, 3.05) is 13.1 Å². The summed E-state index contributed by atoms with van der Waals surface area (Å²) in [4.78, 5) is 1.99. The quantitative estimate of drug-likeness (QED) is 0.683. The van der Waals surface area contributed by atoms with Gasteiger partial charge in [0.15, 0.2) is 0 Å². The van der Waals surface area contributed by atoms with E-state index in [0.29, 0.717) is 13.1 Å². The highest BCUT2D eigenvalue weighted by atomic mass is 19.1. The Morgan fingerprint density at radius 3 is 2.50 bits per heavy atom. The third-order valence-corrected chi connectivity index (χ3v) is 2.06. The van der Waals surface area contributed by atoms with Gasteiger partial charge in [-0.2, -0.15) is 5.26 Å². The fraction of sp³-hybridized carbons (Fsp3) is 0.364. The predicted octanol–water partition coefficient (Wildman–Crippen LogP) is 2.17. The molecule has 1 rings (SSSR count). The Bertz CT molecular complexity index is 313. The molecule has 1 aromatic carbocycles. The standard InChI is InChI=1S/C11H13FN2/c1-2-14(8-7-13)9-10-3-5-11(12)6-4-10/h3-6H,2,8-9H2,1H3. The molecule has 0 aliphatic carbocycles. The topological polar surface area (TPSA) is 27.0 Å². The Balaban J connectivity index is 2.59. The largest absolute Gasteiger partial charge is 0.287 e. The number of rotatable bonds is 4. The van der Waals surface area contributed by atoms with Crippen molar-refractivity contribution in [3.05, 3.63) is 35.6 Å². The summed E-state index contributed by atoms with van der Waals surface area (Å²) in [6.07, 6.45) is 0. The Morgan fingerprint density at radius 1 is 1.36 bits per heavy atom. The molecule has 0 N–H and O–H groups in total. The molecule has 0 saturated heterocycles. The average molecular weight is 192 g/mol. The lowest BCUT2D eigenvalue weighted by atomic mass is 10.2. The molecule has 74 valence electrons. The molecule has 0 unspecified atom stereocenters. The van der Waals surface area contributed by atoms with Crippen molar-refractivity contribution in [3.8, 4) is 6.07 Å². The summed E-state index contributed by atoms with van der Waals surface area (Å²) in [5, 5.41) is 8.54. The van der Waals surface area contributed by atoms with E-state index in [4.69, 9.17) is 5.26 Å². The molecule has 0 bridgehead atoms. The van der Waals surface area contributed by atoms with Crippen molar-refractivity contribution < 1.29 is 4.39 Å². The molecule has 0 aromatic heterocycles. The van der Waals surface area contributed by atoms with E-state index in [-0.39, 0.29) is 5.82 Å². The van der Waals surface area contributed by atoms with Crippen LogP contribution in [0.5, 0.6) is 0 Å². The van der Waals surface area contributed by atoms with Crippen LogP contribution >= 0.6 is 0 Å². The van der Waals surface area contributed by atoms with E-state index in [9.17, 15) is 4.39 Å². The summed E-state index contributed by atoms with van der Waals surface area (Å²) in [6.45, 7) is 3.93. The van der Waals surface area contributed by atoms with Crippen LogP contribution in [0.25, 0.3) is 0 Å². The van der Waals surface area contributed by atoms with Crippen LogP contribution in [0, 0.1) is 17.1 Å². The highest BCUT2D eigenvalue weighted by Crippen LogP contribution is 2.05. The molecule has 0 spiro atoms. The summed E-state index contributed by atoms with van der Waals surface area (Å²) >= 11 is 0. The number of benzene rings is 1. The first kappa shape index (κ1) is 10.7. The summed E-state index contributed by atoms with van der Waals surface area (Å²) < 4.78 is 12.6. The third-order valence-electron chi connectivity index (χ3n) is 2.06. The number of hydrogen-bond donors (Lipinski definition) is 0. The maximum atomic E-state index is 12.6. The van der Waals surface area contributed by atoms with Crippen molar-refractivity contribution in [2.45, 2.75) is 13.5 Å². The monoisotopic (exact) mass is 192 g/mol. The minimum Gasteiger partial charge on any atom is -0.287 e. The molecule has 0 heterocycles. The maximum absolute atomic E-state index is 12.6. The normalized spacial score (nSPS) is 10.1. The Morgan fingerprint density at radius 2 is 2.00 bits per heavy atom. The van der Waals surface area contributed by atoms with Gasteiger partial charge in [-0.25, -0.2) is 4.39 Å². The van der Waals surface area contributed by atoms with Crippen molar-refractivity contribution in [1.29, 1.82) is 5.26 Å². The second-order valence-corrected chi connectivity index (χ2v) is 3.09. The van der Waals surface area contributed by atoms with E-state index in [1.165, 1.54) is 12.1 Å². The summed E-state index contributed by atoms with van der Waals surface area (Å²) in [7, 11) is 0. The lowest BCUT2D eigenvalue weighted by molar-refractivity contribution is 0.314. The maximum Gasteiger partial charge on any atom is 0.123 e. The first-order chi connectivity index (χ1) is 6.76. The van der Waals surface area contributed by atoms with Crippen LogP contribution < -0.4 is 0 Å². The van der Waals surface area contributed by atoms with Gasteiger partial charge in [0.1, 0.15) is 5.82 Å². The predicted molar refractivity (Wildman–Crippen MR) is 53.0 cm³/mol. The number of halogens is 1. The summed E-state index contributed by atoms with van der Waals surface area (Å²) in [5.74, 6) is -0.225. The molecule has 2 nitrogen and oxygen atoms in total. The van der Waals surface area contributed by atoms with Crippen LogP contribution in [-0.4, -0.2) is 18.0 Å². The first-order valence-corrected chi connectivity index (χ1v) is 4.60. The van der Waals surface area contributed by atoms with Crippen molar-refractivity contribution >= 4 is 0 Å². The highest BCUT2D eigenvalue weighted by Gasteiger charge is 2.02. The van der Waals surface area contributed by atoms with Crippen LogP contribution in [0.15, 0.2) is 24.3 Å². The number of hydrogen-bond acceptors (Lipinski definition) is 2. The van der Waals surface area contributed by atoms with Gasteiger partial charge in [0.2, 0.25) is 0 Å². The second-order valence-electron chi connectivity index (χ2n) is 3.09. The fourth-order valence-electron chi connectivity index (χ4n) is 1.23. The van der Waals surface area contributed by atoms with Crippen molar-refractivity contribution in [1.82, 2.24) is 4.90 Å². The fourth-order valence-corrected chi connectivity index (χ4v) is 1.23. The molecule has 0 aliphatic rings. The highest BCUT2D eigenvalue weighted by molar-refractivity contribution is 5.15. The van der Waals surface area contributed by atoms with Gasteiger partial charge >= 0.3 is 0 Å². The van der Waals surface area contributed by atoms with Crippen LogP contribution in [-0.2, 0) is 6.54 Å². The minimum atomic E-state index is -0.225. The van der Waals surface area contributed by atoms with Gasteiger partial charge < -0.3 is 0 Å². The molecule has 14 heavy (non-hydrogen) atoms. The molecule has 0 saturated carbocycles. The summed E-state index contributed by atoms with van der Waals surface area (Å²) in [6, 6.07) is 8.47. The van der Waals surface area contributed by atoms with Crippen LogP contribution in [0.1, 0.15) is 12.5 Å².